The lowest BCUT2D eigenvalue weighted by Crippen LogP contribution is -2.29. The van der Waals surface area contributed by atoms with Crippen LogP contribution >= 0.6 is 0 Å². The molecule has 0 saturated heterocycles. The smallest absolute Gasteiger partial charge is 0.309 e. The van der Waals surface area contributed by atoms with Crippen LogP contribution in [0.15, 0.2) is 12.4 Å². The van der Waals surface area contributed by atoms with Crippen molar-refractivity contribution in [3.05, 3.63) is 12.4 Å². The van der Waals surface area contributed by atoms with Gasteiger partial charge in [-0.15, -0.1) is 5.10 Å². The van der Waals surface area contributed by atoms with Crippen LogP contribution in [0, 0.1) is 5.92 Å². The van der Waals surface area contributed by atoms with Gasteiger partial charge in [-0.25, -0.2) is 4.68 Å². The second-order valence-corrected chi connectivity index (χ2v) is 5.82. The number of nitrogens with two attached hydrogens (primary N) is 1. The fourth-order valence-electron chi connectivity index (χ4n) is 2.32. The zero-order chi connectivity index (χ0) is 13.3. The summed E-state index contributed by atoms with van der Waals surface area (Å²) < 4.78 is 7.13. The number of nitrogens with zero attached hydrogens (tertiary/aromatic N) is 3. The number of ether oxygens (including phenoxy) is 1. The summed E-state index contributed by atoms with van der Waals surface area (Å²) in [5.74, 6) is -0.311. The number of hydrogen-bond acceptors (Lipinski definition) is 5. The first-order valence-corrected chi connectivity index (χ1v) is 6.21. The monoisotopic (exact) mass is 252 g/mol. The summed E-state index contributed by atoms with van der Waals surface area (Å²) >= 11 is 0. The van der Waals surface area contributed by atoms with Crippen LogP contribution in [0.4, 0.5) is 0 Å². The highest BCUT2D eigenvalue weighted by atomic mass is 16.6. The van der Waals surface area contributed by atoms with Crippen LogP contribution in [0.3, 0.4) is 0 Å². The molecule has 1 unspecified atom stereocenters. The molecule has 0 amide bonds. The molecule has 0 bridgehead atoms. The average molecular weight is 252 g/mol. The Morgan fingerprint density at radius 3 is 2.72 bits per heavy atom. The van der Waals surface area contributed by atoms with E-state index in [1.54, 1.807) is 17.1 Å². The molecule has 100 valence electrons. The molecule has 0 spiro atoms. The van der Waals surface area contributed by atoms with Crippen LogP contribution in [0.1, 0.15) is 39.7 Å². The van der Waals surface area contributed by atoms with E-state index in [-0.39, 0.29) is 24.0 Å². The highest BCUT2D eigenvalue weighted by Crippen LogP contribution is 2.34. The molecule has 0 aliphatic heterocycles. The van der Waals surface area contributed by atoms with E-state index >= 15 is 0 Å². The maximum absolute atomic E-state index is 12.0. The molecule has 2 N–H and O–H groups in total. The summed E-state index contributed by atoms with van der Waals surface area (Å²) in [7, 11) is 0. The summed E-state index contributed by atoms with van der Waals surface area (Å²) in [6.07, 6.45) is 4.70. The maximum atomic E-state index is 12.0. The fourth-order valence-corrected chi connectivity index (χ4v) is 2.32. The third kappa shape index (κ3) is 2.87. The van der Waals surface area contributed by atoms with E-state index in [0.717, 1.165) is 0 Å². The van der Waals surface area contributed by atoms with Crippen molar-refractivity contribution in [1.82, 2.24) is 15.0 Å². The first-order chi connectivity index (χ1) is 8.37. The average Bonchev–Trinajstić information content (AvgIpc) is 2.82. The van der Waals surface area contributed by atoms with E-state index in [4.69, 9.17) is 10.5 Å². The minimum atomic E-state index is -0.452. The largest absolute Gasteiger partial charge is 0.460 e. The molecule has 1 saturated carbocycles. The SMILES string of the molecule is CC(C)(C)OC(=O)C1C[C@@H](N)[C@@H](n2ccnn2)C1. The minimum Gasteiger partial charge on any atom is -0.460 e. The quantitative estimate of drug-likeness (QED) is 0.791. The molecule has 2 rings (SSSR count). The summed E-state index contributed by atoms with van der Waals surface area (Å²) in [6, 6.07) is -0.0470. The molecular formula is C12H20N4O2. The van der Waals surface area contributed by atoms with E-state index in [2.05, 4.69) is 10.3 Å². The van der Waals surface area contributed by atoms with Crippen molar-refractivity contribution >= 4 is 5.97 Å². The van der Waals surface area contributed by atoms with Gasteiger partial charge in [-0.05, 0) is 33.6 Å². The minimum absolute atomic E-state index is 0.0324. The Kier molecular flexibility index (Phi) is 3.38. The molecule has 1 heterocycles. The first kappa shape index (κ1) is 13.0. The van der Waals surface area contributed by atoms with Gasteiger partial charge in [0.1, 0.15) is 5.60 Å². The highest BCUT2D eigenvalue weighted by Gasteiger charge is 2.39. The first-order valence-electron chi connectivity index (χ1n) is 6.21. The van der Waals surface area contributed by atoms with Crippen molar-refractivity contribution < 1.29 is 9.53 Å². The van der Waals surface area contributed by atoms with Crippen molar-refractivity contribution in [1.29, 1.82) is 0 Å². The molecule has 1 aromatic rings. The van der Waals surface area contributed by atoms with Crippen LogP contribution < -0.4 is 5.73 Å². The van der Waals surface area contributed by atoms with Crippen molar-refractivity contribution in [3.8, 4) is 0 Å². The molecule has 1 aromatic heterocycles. The lowest BCUT2D eigenvalue weighted by atomic mass is 10.1. The number of carbonyl (C=O) groups excluding carboxylic acids is 1. The third-order valence-electron chi connectivity index (χ3n) is 3.10. The molecule has 6 heteroatoms. The van der Waals surface area contributed by atoms with Gasteiger partial charge in [0, 0.05) is 12.2 Å². The second kappa shape index (κ2) is 4.68. The standard InChI is InChI=1S/C12H20N4O2/c1-12(2,3)18-11(17)8-6-9(13)10(7-8)16-5-4-14-15-16/h4-5,8-10H,6-7,13H2,1-3H3/t8?,9-,10+/m1/s1. The van der Waals surface area contributed by atoms with E-state index in [1.807, 2.05) is 20.8 Å². The number of hydrogen-bond donors (Lipinski definition) is 1. The number of rotatable bonds is 2. The Bertz CT molecular complexity index is 410. The maximum Gasteiger partial charge on any atom is 0.309 e. The zero-order valence-corrected chi connectivity index (χ0v) is 11.0. The molecule has 18 heavy (non-hydrogen) atoms. The Morgan fingerprint density at radius 1 is 1.44 bits per heavy atom. The second-order valence-electron chi connectivity index (χ2n) is 5.82. The Balaban J connectivity index is 2.00. The van der Waals surface area contributed by atoms with Crippen LogP contribution in [-0.4, -0.2) is 32.6 Å². The predicted octanol–water partition coefficient (Wildman–Crippen LogP) is 0.898. The number of esters is 1. The van der Waals surface area contributed by atoms with Crippen molar-refractivity contribution in [3.63, 3.8) is 0 Å². The summed E-state index contributed by atoms with van der Waals surface area (Å²) in [4.78, 5) is 12.0. The molecule has 0 aromatic carbocycles. The van der Waals surface area contributed by atoms with Gasteiger partial charge in [0.25, 0.3) is 0 Å². The highest BCUT2D eigenvalue weighted by molar-refractivity contribution is 5.73. The van der Waals surface area contributed by atoms with Gasteiger partial charge in [0.15, 0.2) is 0 Å². The summed E-state index contributed by atoms with van der Waals surface area (Å²) in [6.45, 7) is 5.61. The van der Waals surface area contributed by atoms with Gasteiger partial charge in [-0.3, -0.25) is 4.79 Å². The Morgan fingerprint density at radius 2 is 2.17 bits per heavy atom. The molecule has 6 nitrogen and oxygen atoms in total. The summed E-state index contributed by atoms with van der Waals surface area (Å²) in [5.41, 5.74) is 5.61. The van der Waals surface area contributed by atoms with Crippen LogP contribution in [0.2, 0.25) is 0 Å². The molecular weight excluding hydrogens is 232 g/mol. The lowest BCUT2D eigenvalue weighted by Gasteiger charge is -2.22. The van der Waals surface area contributed by atoms with Gasteiger partial charge < -0.3 is 10.5 Å². The van der Waals surface area contributed by atoms with Gasteiger partial charge in [-0.2, -0.15) is 0 Å². The van der Waals surface area contributed by atoms with Gasteiger partial charge >= 0.3 is 5.97 Å². The molecule has 3 atom stereocenters. The topological polar surface area (TPSA) is 83.0 Å². The Labute approximate surface area is 106 Å². The summed E-state index contributed by atoms with van der Waals surface area (Å²) in [5, 5.41) is 7.72. The van der Waals surface area contributed by atoms with Crippen LogP contribution in [-0.2, 0) is 9.53 Å². The van der Waals surface area contributed by atoms with E-state index in [1.165, 1.54) is 0 Å². The molecule has 1 fully saturated rings. The van der Waals surface area contributed by atoms with Gasteiger partial charge in [-0.1, -0.05) is 5.21 Å². The number of carbonyl (C=O) groups is 1. The predicted molar refractivity (Wildman–Crippen MR) is 65.6 cm³/mol. The number of aromatic nitrogens is 3. The van der Waals surface area contributed by atoms with Crippen molar-refractivity contribution in [2.45, 2.75) is 51.3 Å². The van der Waals surface area contributed by atoms with Crippen LogP contribution in [0.5, 0.6) is 0 Å². The Hall–Kier alpha value is -1.43. The molecule has 0 radical (unpaired) electrons. The fraction of sp³-hybridized carbons (Fsp3) is 0.750. The van der Waals surface area contributed by atoms with Crippen LogP contribution in [0.25, 0.3) is 0 Å². The van der Waals surface area contributed by atoms with Gasteiger partial charge in [0.05, 0.1) is 18.2 Å². The molecule has 1 aliphatic rings. The van der Waals surface area contributed by atoms with Gasteiger partial charge in [0.2, 0.25) is 0 Å². The van der Waals surface area contributed by atoms with Crippen molar-refractivity contribution in [2.24, 2.45) is 11.7 Å². The lowest BCUT2D eigenvalue weighted by molar-refractivity contribution is -0.159. The van der Waals surface area contributed by atoms with E-state index < -0.39 is 5.60 Å². The normalized spacial score (nSPS) is 28.3. The van der Waals surface area contributed by atoms with E-state index in [0.29, 0.717) is 12.8 Å². The van der Waals surface area contributed by atoms with E-state index in [9.17, 15) is 4.79 Å². The third-order valence-corrected chi connectivity index (χ3v) is 3.10. The van der Waals surface area contributed by atoms with Crippen molar-refractivity contribution in [2.75, 3.05) is 0 Å². The zero-order valence-electron chi connectivity index (χ0n) is 11.0. The molecule has 1 aliphatic carbocycles.